The molecule has 2 N–H and O–H groups in total. The number of rotatable bonds is 8. The average molecular weight is 529 g/mol. The lowest BCUT2D eigenvalue weighted by molar-refractivity contribution is 0.0939. The molecule has 0 heterocycles. The zero-order valence-electron chi connectivity index (χ0n) is 21.7. The number of hydrogen-bond acceptors (Lipinski definition) is 4. The van der Waals surface area contributed by atoms with Gasteiger partial charge in [-0.15, -0.1) is 0 Å². The lowest BCUT2D eigenvalue weighted by Gasteiger charge is -2.21. The number of nitrogens with one attached hydrogen (secondary N) is 2. The number of amides is 1. The van der Waals surface area contributed by atoms with Crippen molar-refractivity contribution >= 4 is 33.2 Å². The second kappa shape index (κ2) is 10.9. The highest BCUT2D eigenvalue weighted by Gasteiger charge is 2.23. The lowest BCUT2D eigenvalue weighted by atomic mass is 9.93. The topological polar surface area (TPSA) is 84.5 Å². The summed E-state index contributed by atoms with van der Waals surface area (Å²) in [5, 5.41) is 3.02. The molecule has 192 valence electrons. The van der Waals surface area contributed by atoms with Crippen molar-refractivity contribution in [1.82, 2.24) is 5.32 Å². The number of sulfonamides is 1. The van der Waals surface area contributed by atoms with Gasteiger partial charge in [0.15, 0.2) is 0 Å². The van der Waals surface area contributed by atoms with E-state index in [0.29, 0.717) is 5.69 Å². The molecule has 3 aromatic rings. The number of methoxy groups -OCH3 is 1. The first-order chi connectivity index (χ1) is 16.8. The molecule has 0 saturated heterocycles. The summed E-state index contributed by atoms with van der Waals surface area (Å²) in [6, 6.07) is 13.4. The van der Waals surface area contributed by atoms with Gasteiger partial charge < -0.3 is 10.1 Å². The van der Waals surface area contributed by atoms with Gasteiger partial charge in [-0.25, -0.2) is 8.42 Å². The average Bonchev–Trinajstić information content (AvgIpc) is 2.80. The van der Waals surface area contributed by atoms with Crippen LogP contribution in [0.15, 0.2) is 53.4 Å². The van der Waals surface area contributed by atoms with Crippen molar-refractivity contribution in [2.45, 2.75) is 58.4 Å². The zero-order valence-corrected chi connectivity index (χ0v) is 23.3. The van der Waals surface area contributed by atoms with Crippen LogP contribution in [-0.4, -0.2) is 21.4 Å². The van der Waals surface area contributed by atoms with Crippen molar-refractivity contribution in [2.24, 2.45) is 0 Å². The molecule has 0 fully saturated rings. The summed E-state index contributed by atoms with van der Waals surface area (Å²) in [4.78, 5) is 13.0. The number of carbonyl (C=O) groups is 1. The molecule has 36 heavy (non-hydrogen) atoms. The van der Waals surface area contributed by atoms with E-state index in [1.165, 1.54) is 18.2 Å². The Bertz CT molecular complexity index is 1400. The third-order valence-electron chi connectivity index (χ3n) is 6.17. The van der Waals surface area contributed by atoms with Crippen LogP contribution >= 0.6 is 11.6 Å². The highest BCUT2D eigenvalue weighted by Crippen LogP contribution is 2.32. The van der Waals surface area contributed by atoms with Gasteiger partial charge in [-0.3, -0.25) is 9.52 Å². The molecule has 3 rings (SSSR count). The number of carbonyl (C=O) groups excluding carboxylic acids is 1. The van der Waals surface area contributed by atoms with E-state index in [2.05, 4.69) is 30.0 Å². The molecular formula is C28H33ClN2O4S. The minimum absolute atomic E-state index is 0.0324. The van der Waals surface area contributed by atoms with Crippen LogP contribution in [0.1, 0.15) is 70.9 Å². The van der Waals surface area contributed by atoms with Crippen LogP contribution < -0.4 is 14.8 Å². The minimum atomic E-state index is -4.03. The molecule has 0 aromatic heterocycles. The number of hydrogen-bond donors (Lipinski definition) is 2. The fourth-order valence-corrected chi connectivity index (χ4v) is 5.71. The SMILES string of the molecule is COc1cc(C)c(C(C)NC(=O)c2ccc(Cl)c(S(=O)(=O)Nc3cc(C)ccc3C)c2)cc1C(C)C. The van der Waals surface area contributed by atoms with Gasteiger partial charge in [0.2, 0.25) is 0 Å². The fourth-order valence-electron chi connectivity index (χ4n) is 4.06. The van der Waals surface area contributed by atoms with E-state index in [1.807, 2.05) is 45.9 Å². The Labute approximate surface area is 219 Å². The maximum absolute atomic E-state index is 13.2. The van der Waals surface area contributed by atoms with Crippen molar-refractivity contribution in [3.63, 3.8) is 0 Å². The Morgan fingerprint density at radius 3 is 2.25 bits per heavy atom. The summed E-state index contributed by atoms with van der Waals surface area (Å²) in [6.07, 6.45) is 0. The van der Waals surface area contributed by atoms with Crippen LogP contribution in [0, 0.1) is 20.8 Å². The Morgan fingerprint density at radius 1 is 0.917 bits per heavy atom. The summed E-state index contributed by atoms with van der Waals surface area (Å²) in [5.41, 5.74) is 5.36. The Hall–Kier alpha value is -3.03. The van der Waals surface area contributed by atoms with Gasteiger partial charge in [0.05, 0.1) is 23.9 Å². The van der Waals surface area contributed by atoms with E-state index in [4.69, 9.17) is 16.3 Å². The molecule has 0 radical (unpaired) electrons. The third-order valence-corrected chi connectivity index (χ3v) is 8.02. The van der Waals surface area contributed by atoms with E-state index in [9.17, 15) is 13.2 Å². The predicted octanol–water partition coefficient (Wildman–Crippen LogP) is 6.69. The van der Waals surface area contributed by atoms with Gasteiger partial charge >= 0.3 is 0 Å². The summed E-state index contributed by atoms with van der Waals surface area (Å²) < 4.78 is 34.5. The van der Waals surface area contributed by atoms with Crippen LogP contribution in [0.25, 0.3) is 0 Å². The molecule has 0 saturated carbocycles. The minimum Gasteiger partial charge on any atom is -0.496 e. The van der Waals surface area contributed by atoms with E-state index in [1.54, 1.807) is 13.2 Å². The van der Waals surface area contributed by atoms with E-state index < -0.39 is 15.9 Å². The molecule has 1 amide bonds. The van der Waals surface area contributed by atoms with Gasteiger partial charge in [-0.05, 0) is 97.8 Å². The zero-order chi connectivity index (χ0) is 26.8. The molecule has 0 aliphatic carbocycles. The van der Waals surface area contributed by atoms with Gasteiger partial charge in [0, 0.05) is 5.56 Å². The summed E-state index contributed by atoms with van der Waals surface area (Å²) >= 11 is 6.26. The first-order valence-electron chi connectivity index (χ1n) is 11.7. The molecule has 3 aromatic carbocycles. The van der Waals surface area contributed by atoms with E-state index >= 15 is 0 Å². The molecule has 0 bridgehead atoms. The molecule has 1 atom stereocenters. The second-order valence-electron chi connectivity index (χ2n) is 9.37. The fraction of sp³-hybridized carbons (Fsp3) is 0.321. The van der Waals surface area contributed by atoms with Gasteiger partial charge in [0.1, 0.15) is 10.6 Å². The summed E-state index contributed by atoms with van der Waals surface area (Å²) in [6.45, 7) is 11.7. The summed E-state index contributed by atoms with van der Waals surface area (Å²) in [7, 11) is -2.38. The summed E-state index contributed by atoms with van der Waals surface area (Å²) in [5.74, 6) is 0.660. The molecule has 0 aliphatic rings. The van der Waals surface area contributed by atoms with Crippen LogP contribution in [0.2, 0.25) is 5.02 Å². The van der Waals surface area contributed by atoms with Crippen molar-refractivity contribution in [2.75, 3.05) is 11.8 Å². The second-order valence-corrected chi connectivity index (χ2v) is 11.4. The number of benzene rings is 3. The number of aryl methyl sites for hydroxylation is 3. The Kier molecular flexibility index (Phi) is 8.37. The smallest absolute Gasteiger partial charge is 0.263 e. The van der Waals surface area contributed by atoms with Crippen molar-refractivity contribution in [3.05, 3.63) is 86.9 Å². The van der Waals surface area contributed by atoms with Crippen LogP contribution in [0.5, 0.6) is 5.75 Å². The first-order valence-corrected chi connectivity index (χ1v) is 13.6. The standard InChI is InChI=1S/C28H33ClN2O4S/c1-16(2)22-15-23(19(5)13-26(22)35-7)20(6)30-28(32)21-10-11-24(29)27(14-21)36(33,34)31-25-12-17(3)8-9-18(25)4/h8-16,20,31H,1-7H3,(H,30,32). The highest BCUT2D eigenvalue weighted by atomic mass is 35.5. The molecule has 8 heteroatoms. The Balaban J connectivity index is 1.89. The lowest BCUT2D eigenvalue weighted by Crippen LogP contribution is -2.27. The molecule has 0 aliphatic heterocycles. The largest absolute Gasteiger partial charge is 0.496 e. The maximum Gasteiger partial charge on any atom is 0.263 e. The van der Waals surface area contributed by atoms with E-state index in [0.717, 1.165) is 33.6 Å². The van der Waals surface area contributed by atoms with Crippen molar-refractivity contribution in [1.29, 1.82) is 0 Å². The van der Waals surface area contributed by atoms with Crippen molar-refractivity contribution in [3.8, 4) is 5.75 Å². The molecule has 1 unspecified atom stereocenters. The molecular weight excluding hydrogens is 496 g/mol. The Morgan fingerprint density at radius 2 is 1.61 bits per heavy atom. The van der Waals surface area contributed by atoms with Gasteiger partial charge in [0.25, 0.3) is 15.9 Å². The van der Waals surface area contributed by atoms with Gasteiger partial charge in [-0.1, -0.05) is 37.6 Å². The highest BCUT2D eigenvalue weighted by molar-refractivity contribution is 7.92. The van der Waals surface area contributed by atoms with Crippen molar-refractivity contribution < 1.29 is 17.9 Å². The van der Waals surface area contributed by atoms with E-state index in [-0.39, 0.29) is 27.4 Å². The number of anilines is 1. The van der Waals surface area contributed by atoms with Crippen LogP contribution in [0.4, 0.5) is 5.69 Å². The van der Waals surface area contributed by atoms with Crippen LogP contribution in [0.3, 0.4) is 0 Å². The third kappa shape index (κ3) is 6.02. The maximum atomic E-state index is 13.2. The van der Waals surface area contributed by atoms with Gasteiger partial charge in [-0.2, -0.15) is 0 Å². The number of ether oxygens (including phenoxy) is 1. The predicted molar refractivity (Wildman–Crippen MR) is 146 cm³/mol. The van der Waals surface area contributed by atoms with Crippen LogP contribution in [-0.2, 0) is 10.0 Å². The number of halogens is 1. The quantitative estimate of drug-likeness (QED) is 0.341. The first kappa shape index (κ1) is 27.6. The normalized spacial score (nSPS) is 12.4. The monoisotopic (exact) mass is 528 g/mol. The molecule has 0 spiro atoms. The molecule has 6 nitrogen and oxygen atoms in total.